The molecule has 0 saturated carbocycles. The number of carbonyl (C=O) groups excluding carboxylic acids is 1. The molecular formula is C28H33N3O4. The molecule has 184 valence electrons. The van der Waals surface area contributed by atoms with E-state index in [1.807, 2.05) is 38.1 Å². The Kier molecular flexibility index (Phi) is 8.21. The van der Waals surface area contributed by atoms with Crippen LogP contribution in [0.3, 0.4) is 0 Å². The fraction of sp³-hybridized carbons (Fsp3) is 0.357. The molecular weight excluding hydrogens is 442 g/mol. The minimum absolute atomic E-state index is 0.122. The second-order valence-corrected chi connectivity index (χ2v) is 8.75. The lowest BCUT2D eigenvalue weighted by Crippen LogP contribution is -2.36. The number of amides is 1. The van der Waals surface area contributed by atoms with Gasteiger partial charge < -0.3 is 19.3 Å². The number of nitrogens with one attached hydrogen (secondary N) is 1. The maximum atomic E-state index is 12.6. The number of nitrogens with zero attached hydrogens (tertiary/aromatic N) is 2. The van der Waals surface area contributed by atoms with Crippen molar-refractivity contribution in [2.24, 2.45) is 0 Å². The molecule has 1 atom stereocenters. The molecule has 2 aromatic carbocycles. The van der Waals surface area contributed by atoms with Gasteiger partial charge in [0.25, 0.3) is 0 Å². The van der Waals surface area contributed by atoms with Gasteiger partial charge in [-0.2, -0.15) is 0 Å². The molecule has 1 unspecified atom stereocenters. The molecule has 1 aromatic heterocycles. The summed E-state index contributed by atoms with van der Waals surface area (Å²) >= 11 is 0. The highest BCUT2D eigenvalue weighted by molar-refractivity contribution is 5.91. The Morgan fingerprint density at radius 3 is 2.60 bits per heavy atom. The van der Waals surface area contributed by atoms with Crippen LogP contribution in [0.2, 0.25) is 0 Å². The first kappa shape index (κ1) is 24.5. The fourth-order valence-corrected chi connectivity index (χ4v) is 4.38. The second-order valence-electron chi connectivity index (χ2n) is 8.75. The minimum Gasteiger partial charge on any atom is -0.493 e. The van der Waals surface area contributed by atoms with Crippen molar-refractivity contribution in [1.82, 2.24) is 15.4 Å². The molecule has 1 aliphatic rings. The van der Waals surface area contributed by atoms with Gasteiger partial charge in [-0.3, -0.25) is 9.69 Å². The summed E-state index contributed by atoms with van der Waals surface area (Å²) in [7, 11) is 1.60. The Labute approximate surface area is 206 Å². The third kappa shape index (κ3) is 6.31. The van der Waals surface area contributed by atoms with Gasteiger partial charge in [0.05, 0.1) is 24.4 Å². The van der Waals surface area contributed by atoms with Crippen molar-refractivity contribution in [3.05, 3.63) is 82.8 Å². The third-order valence-electron chi connectivity index (χ3n) is 6.40. The molecule has 1 saturated heterocycles. The van der Waals surface area contributed by atoms with Crippen LogP contribution in [-0.4, -0.2) is 42.7 Å². The fourth-order valence-electron chi connectivity index (χ4n) is 4.38. The van der Waals surface area contributed by atoms with Gasteiger partial charge in [0.1, 0.15) is 12.4 Å². The number of carbonyl (C=O) groups is 1. The maximum Gasteiger partial charge on any atom is 0.244 e. The molecule has 1 N–H and O–H groups in total. The van der Waals surface area contributed by atoms with Crippen LogP contribution in [0.15, 0.2) is 59.1 Å². The van der Waals surface area contributed by atoms with E-state index in [-0.39, 0.29) is 11.9 Å². The smallest absolute Gasteiger partial charge is 0.244 e. The highest BCUT2D eigenvalue weighted by atomic mass is 16.5. The molecule has 35 heavy (non-hydrogen) atoms. The molecule has 0 radical (unpaired) electrons. The van der Waals surface area contributed by atoms with Gasteiger partial charge in [0.2, 0.25) is 5.91 Å². The normalized spacial score (nSPS) is 14.8. The molecule has 1 amide bonds. The van der Waals surface area contributed by atoms with Crippen molar-refractivity contribution in [1.29, 1.82) is 0 Å². The van der Waals surface area contributed by atoms with Crippen LogP contribution >= 0.6 is 0 Å². The Hall–Kier alpha value is -3.58. The second kappa shape index (κ2) is 11.7. The van der Waals surface area contributed by atoms with E-state index < -0.39 is 0 Å². The quantitative estimate of drug-likeness (QED) is 0.423. The molecule has 1 aliphatic heterocycles. The molecule has 3 aromatic rings. The number of rotatable bonds is 10. The summed E-state index contributed by atoms with van der Waals surface area (Å²) in [5.74, 6) is 1.83. The van der Waals surface area contributed by atoms with Crippen LogP contribution in [0.1, 0.15) is 47.0 Å². The SMILES string of the molecule is COc1cc(/C=C/C(=O)NCC(c2ccccc2)N2CCCC2)ccc1OCc1c(C)noc1C. The van der Waals surface area contributed by atoms with Crippen molar-refractivity contribution in [3.8, 4) is 11.5 Å². The lowest BCUT2D eigenvalue weighted by Gasteiger charge is -2.28. The van der Waals surface area contributed by atoms with Crippen LogP contribution in [0.4, 0.5) is 0 Å². The molecule has 0 bridgehead atoms. The van der Waals surface area contributed by atoms with Gasteiger partial charge in [-0.1, -0.05) is 41.6 Å². The lowest BCUT2D eigenvalue weighted by atomic mass is 10.1. The summed E-state index contributed by atoms with van der Waals surface area (Å²) in [5, 5.41) is 7.03. The summed E-state index contributed by atoms with van der Waals surface area (Å²) in [4.78, 5) is 15.0. The van der Waals surface area contributed by atoms with Crippen LogP contribution in [0, 0.1) is 13.8 Å². The standard InChI is InChI=1S/C28H33N3O4/c1-20-24(21(2)35-30-20)19-34-26-13-11-22(17-27(26)33-3)12-14-28(32)29-18-25(31-15-7-8-16-31)23-9-5-4-6-10-23/h4-6,9-14,17,25H,7-8,15-16,18-19H2,1-3H3,(H,29,32)/b14-12+. The predicted octanol–water partition coefficient (Wildman–Crippen LogP) is 4.85. The van der Waals surface area contributed by atoms with E-state index in [4.69, 9.17) is 14.0 Å². The van der Waals surface area contributed by atoms with E-state index >= 15 is 0 Å². The Bertz CT molecular complexity index is 1130. The summed E-state index contributed by atoms with van der Waals surface area (Å²) in [6, 6.07) is 16.2. The first-order chi connectivity index (χ1) is 17.0. The zero-order chi connectivity index (χ0) is 24.6. The topological polar surface area (TPSA) is 76.8 Å². The number of ether oxygens (including phenoxy) is 2. The zero-order valence-corrected chi connectivity index (χ0v) is 20.6. The molecule has 4 rings (SSSR count). The van der Waals surface area contributed by atoms with Gasteiger partial charge >= 0.3 is 0 Å². The molecule has 1 fully saturated rings. The van der Waals surface area contributed by atoms with E-state index in [9.17, 15) is 4.79 Å². The Morgan fingerprint density at radius 1 is 1.14 bits per heavy atom. The highest BCUT2D eigenvalue weighted by Crippen LogP contribution is 2.30. The highest BCUT2D eigenvalue weighted by Gasteiger charge is 2.23. The third-order valence-corrected chi connectivity index (χ3v) is 6.40. The Morgan fingerprint density at radius 2 is 1.91 bits per heavy atom. The number of aromatic nitrogens is 1. The van der Waals surface area contributed by atoms with Gasteiger partial charge in [-0.15, -0.1) is 0 Å². The van der Waals surface area contributed by atoms with Crippen LogP contribution in [0.5, 0.6) is 11.5 Å². The van der Waals surface area contributed by atoms with Crippen molar-refractivity contribution in [2.45, 2.75) is 39.3 Å². The van der Waals surface area contributed by atoms with E-state index in [0.29, 0.717) is 24.7 Å². The molecule has 0 aliphatic carbocycles. The monoisotopic (exact) mass is 475 g/mol. The van der Waals surface area contributed by atoms with Crippen molar-refractivity contribution >= 4 is 12.0 Å². The van der Waals surface area contributed by atoms with E-state index in [1.165, 1.54) is 18.4 Å². The van der Waals surface area contributed by atoms with Crippen LogP contribution in [0.25, 0.3) is 6.08 Å². The van der Waals surface area contributed by atoms with E-state index in [0.717, 1.165) is 35.7 Å². The molecule has 7 heteroatoms. The summed E-state index contributed by atoms with van der Waals surface area (Å²) < 4.78 is 16.6. The zero-order valence-electron chi connectivity index (χ0n) is 20.6. The average Bonchev–Trinajstić information content (AvgIpc) is 3.52. The van der Waals surface area contributed by atoms with Gasteiger partial charge in [-0.05, 0) is 69.1 Å². The first-order valence-corrected chi connectivity index (χ1v) is 12.0. The number of aryl methyl sites for hydroxylation is 2. The van der Waals surface area contributed by atoms with Gasteiger partial charge in [-0.25, -0.2) is 0 Å². The average molecular weight is 476 g/mol. The summed E-state index contributed by atoms with van der Waals surface area (Å²) in [6.45, 7) is 6.80. The van der Waals surface area contributed by atoms with Crippen LogP contribution in [-0.2, 0) is 11.4 Å². The predicted molar refractivity (Wildman–Crippen MR) is 135 cm³/mol. The summed E-state index contributed by atoms with van der Waals surface area (Å²) in [6.07, 6.45) is 5.75. The van der Waals surface area contributed by atoms with Crippen molar-refractivity contribution < 1.29 is 18.8 Å². The number of hydrogen-bond acceptors (Lipinski definition) is 6. The number of benzene rings is 2. The van der Waals surface area contributed by atoms with E-state index in [2.05, 4.69) is 39.6 Å². The van der Waals surface area contributed by atoms with Crippen molar-refractivity contribution in [2.75, 3.05) is 26.7 Å². The van der Waals surface area contributed by atoms with Crippen molar-refractivity contribution in [3.63, 3.8) is 0 Å². The number of methoxy groups -OCH3 is 1. The molecule has 0 spiro atoms. The minimum atomic E-state index is -0.122. The molecule has 7 nitrogen and oxygen atoms in total. The largest absolute Gasteiger partial charge is 0.493 e. The summed E-state index contributed by atoms with van der Waals surface area (Å²) in [5.41, 5.74) is 3.82. The van der Waals surface area contributed by atoms with Gasteiger partial charge in [0, 0.05) is 12.6 Å². The first-order valence-electron chi connectivity index (χ1n) is 12.0. The number of likely N-dealkylation sites (tertiary alicyclic amines) is 1. The lowest BCUT2D eigenvalue weighted by molar-refractivity contribution is -0.116. The van der Waals surface area contributed by atoms with Gasteiger partial charge in [0.15, 0.2) is 11.5 Å². The Balaban J connectivity index is 1.36. The maximum absolute atomic E-state index is 12.6. The number of hydrogen-bond donors (Lipinski definition) is 1. The van der Waals surface area contributed by atoms with Crippen LogP contribution < -0.4 is 14.8 Å². The molecule has 2 heterocycles. The van der Waals surface area contributed by atoms with E-state index in [1.54, 1.807) is 19.3 Å².